The molecule has 17 heavy (non-hydrogen) atoms. The fourth-order valence-electron chi connectivity index (χ4n) is 2.48. The van der Waals surface area contributed by atoms with Crippen LogP contribution in [0.4, 0.5) is 0 Å². The van der Waals surface area contributed by atoms with Crippen LogP contribution < -0.4 is 5.32 Å². The van der Waals surface area contributed by atoms with Gasteiger partial charge in [-0.1, -0.05) is 13.3 Å². The standard InChI is InChI=1S/C13H22N2O2/c1-3-4-7-15-9(2)8-11(16)14-12(13(15)17)10-5-6-10/h9-10,12H,3-8H2,1-2H3,(H,14,16). The van der Waals surface area contributed by atoms with Crippen molar-refractivity contribution < 1.29 is 9.59 Å². The lowest BCUT2D eigenvalue weighted by Gasteiger charge is -2.28. The Labute approximate surface area is 103 Å². The zero-order valence-electron chi connectivity index (χ0n) is 10.7. The molecule has 0 aromatic heterocycles. The molecule has 0 radical (unpaired) electrons. The highest BCUT2D eigenvalue weighted by Crippen LogP contribution is 2.34. The van der Waals surface area contributed by atoms with Crippen molar-refractivity contribution in [3.8, 4) is 0 Å². The largest absolute Gasteiger partial charge is 0.344 e. The molecule has 1 saturated heterocycles. The number of carbonyl (C=O) groups excluding carboxylic acids is 2. The second-order valence-corrected chi connectivity index (χ2v) is 5.32. The monoisotopic (exact) mass is 238 g/mol. The molecule has 0 spiro atoms. The normalized spacial score (nSPS) is 30.1. The van der Waals surface area contributed by atoms with Gasteiger partial charge < -0.3 is 10.2 Å². The number of rotatable bonds is 4. The molecule has 4 heteroatoms. The molecule has 1 saturated carbocycles. The lowest BCUT2D eigenvalue weighted by Crippen LogP contribution is -2.47. The predicted octanol–water partition coefficient (Wildman–Crippen LogP) is 1.30. The van der Waals surface area contributed by atoms with Crippen molar-refractivity contribution >= 4 is 11.8 Å². The summed E-state index contributed by atoms with van der Waals surface area (Å²) >= 11 is 0. The first-order chi connectivity index (χ1) is 8.13. The number of hydrogen-bond donors (Lipinski definition) is 1. The van der Waals surface area contributed by atoms with Gasteiger partial charge in [0.1, 0.15) is 6.04 Å². The zero-order chi connectivity index (χ0) is 12.4. The lowest BCUT2D eigenvalue weighted by atomic mass is 10.1. The average molecular weight is 238 g/mol. The number of unbranched alkanes of at least 4 members (excludes halogenated alkanes) is 1. The van der Waals surface area contributed by atoms with E-state index in [0.29, 0.717) is 12.3 Å². The van der Waals surface area contributed by atoms with Gasteiger partial charge in [-0.15, -0.1) is 0 Å². The Morgan fingerprint density at radius 3 is 2.65 bits per heavy atom. The van der Waals surface area contributed by atoms with Crippen LogP contribution in [0.3, 0.4) is 0 Å². The molecule has 96 valence electrons. The highest BCUT2D eigenvalue weighted by molar-refractivity contribution is 5.91. The molecule has 1 heterocycles. The van der Waals surface area contributed by atoms with Gasteiger partial charge in [-0.3, -0.25) is 9.59 Å². The Hall–Kier alpha value is -1.06. The van der Waals surface area contributed by atoms with E-state index in [0.717, 1.165) is 32.2 Å². The van der Waals surface area contributed by atoms with Gasteiger partial charge in [0, 0.05) is 19.0 Å². The second-order valence-electron chi connectivity index (χ2n) is 5.32. The topological polar surface area (TPSA) is 49.4 Å². The van der Waals surface area contributed by atoms with Gasteiger partial charge in [-0.2, -0.15) is 0 Å². The van der Waals surface area contributed by atoms with E-state index in [1.807, 2.05) is 11.8 Å². The van der Waals surface area contributed by atoms with E-state index in [1.54, 1.807) is 0 Å². The van der Waals surface area contributed by atoms with Gasteiger partial charge in [0.05, 0.1) is 0 Å². The first-order valence-electron chi connectivity index (χ1n) is 6.73. The Kier molecular flexibility index (Phi) is 3.69. The van der Waals surface area contributed by atoms with Gasteiger partial charge in [0.2, 0.25) is 11.8 Å². The molecular formula is C13H22N2O2. The van der Waals surface area contributed by atoms with Crippen molar-refractivity contribution in [2.45, 2.75) is 58.0 Å². The summed E-state index contributed by atoms with van der Waals surface area (Å²) in [4.78, 5) is 26.0. The maximum Gasteiger partial charge on any atom is 0.245 e. The first-order valence-corrected chi connectivity index (χ1v) is 6.73. The Bertz CT molecular complexity index is 313. The van der Waals surface area contributed by atoms with E-state index in [4.69, 9.17) is 0 Å². The summed E-state index contributed by atoms with van der Waals surface area (Å²) in [5, 5.41) is 2.90. The molecule has 2 rings (SSSR count). The van der Waals surface area contributed by atoms with Crippen LogP contribution in [0.25, 0.3) is 0 Å². The van der Waals surface area contributed by atoms with Crippen molar-refractivity contribution in [1.29, 1.82) is 0 Å². The molecule has 0 aromatic rings. The lowest BCUT2D eigenvalue weighted by molar-refractivity contribution is -0.135. The minimum absolute atomic E-state index is 0.0294. The van der Waals surface area contributed by atoms with E-state index >= 15 is 0 Å². The van der Waals surface area contributed by atoms with E-state index in [1.165, 1.54) is 0 Å². The molecule has 0 bridgehead atoms. The fraction of sp³-hybridized carbons (Fsp3) is 0.846. The minimum Gasteiger partial charge on any atom is -0.344 e. The average Bonchev–Trinajstić information content (AvgIpc) is 3.09. The third-order valence-corrected chi connectivity index (χ3v) is 3.72. The van der Waals surface area contributed by atoms with Crippen LogP contribution in [0.5, 0.6) is 0 Å². The number of nitrogens with zero attached hydrogens (tertiary/aromatic N) is 1. The number of carbonyl (C=O) groups is 2. The third kappa shape index (κ3) is 2.79. The van der Waals surface area contributed by atoms with Gasteiger partial charge in [0.15, 0.2) is 0 Å². The maximum absolute atomic E-state index is 12.4. The van der Waals surface area contributed by atoms with E-state index in [9.17, 15) is 9.59 Å². The molecule has 2 unspecified atom stereocenters. The highest BCUT2D eigenvalue weighted by Gasteiger charge is 2.42. The van der Waals surface area contributed by atoms with Crippen molar-refractivity contribution in [1.82, 2.24) is 10.2 Å². The molecule has 1 aliphatic carbocycles. The van der Waals surface area contributed by atoms with E-state index in [-0.39, 0.29) is 23.9 Å². The maximum atomic E-state index is 12.4. The fourth-order valence-corrected chi connectivity index (χ4v) is 2.48. The molecule has 2 fully saturated rings. The van der Waals surface area contributed by atoms with Crippen LogP contribution >= 0.6 is 0 Å². The smallest absolute Gasteiger partial charge is 0.245 e. The zero-order valence-corrected chi connectivity index (χ0v) is 10.7. The van der Waals surface area contributed by atoms with Crippen molar-refractivity contribution in [2.24, 2.45) is 5.92 Å². The summed E-state index contributed by atoms with van der Waals surface area (Å²) in [7, 11) is 0. The van der Waals surface area contributed by atoms with Crippen molar-refractivity contribution in [3.63, 3.8) is 0 Å². The molecule has 1 N–H and O–H groups in total. The number of nitrogens with one attached hydrogen (secondary N) is 1. The van der Waals surface area contributed by atoms with Gasteiger partial charge in [-0.05, 0) is 32.1 Å². The Balaban J connectivity index is 2.10. The quantitative estimate of drug-likeness (QED) is 0.802. The number of hydrogen-bond acceptors (Lipinski definition) is 2. The van der Waals surface area contributed by atoms with Gasteiger partial charge in [-0.25, -0.2) is 0 Å². The van der Waals surface area contributed by atoms with Crippen LogP contribution in [-0.2, 0) is 9.59 Å². The van der Waals surface area contributed by atoms with Crippen LogP contribution in [-0.4, -0.2) is 35.3 Å². The van der Waals surface area contributed by atoms with Crippen molar-refractivity contribution in [2.75, 3.05) is 6.54 Å². The summed E-state index contributed by atoms with van der Waals surface area (Å²) < 4.78 is 0. The molecule has 2 atom stereocenters. The Morgan fingerprint density at radius 1 is 1.35 bits per heavy atom. The van der Waals surface area contributed by atoms with Gasteiger partial charge >= 0.3 is 0 Å². The second kappa shape index (κ2) is 5.07. The van der Waals surface area contributed by atoms with Crippen LogP contribution in [0.1, 0.15) is 46.0 Å². The molecule has 2 aliphatic rings. The Morgan fingerprint density at radius 2 is 2.06 bits per heavy atom. The summed E-state index contributed by atoms with van der Waals surface area (Å²) in [6.07, 6.45) is 4.69. The first kappa shape index (κ1) is 12.4. The summed E-state index contributed by atoms with van der Waals surface area (Å²) in [6, 6.07) is -0.206. The van der Waals surface area contributed by atoms with Crippen LogP contribution in [0.2, 0.25) is 0 Å². The molecule has 4 nitrogen and oxygen atoms in total. The molecular weight excluding hydrogens is 216 g/mol. The summed E-state index contributed by atoms with van der Waals surface area (Å²) in [5.74, 6) is 0.557. The van der Waals surface area contributed by atoms with Crippen molar-refractivity contribution in [3.05, 3.63) is 0 Å². The third-order valence-electron chi connectivity index (χ3n) is 3.72. The highest BCUT2D eigenvalue weighted by atomic mass is 16.2. The minimum atomic E-state index is -0.246. The molecule has 0 aromatic carbocycles. The summed E-state index contributed by atoms with van der Waals surface area (Å²) in [6.45, 7) is 4.88. The van der Waals surface area contributed by atoms with Gasteiger partial charge in [0.25, 0.3) is 0 Å². The molecule has 1 aliphatic heterocycles. The van der Waals surface area contributed by atoms with Crippen LogP contribution in [0.15, 0.2) is 0 Å². The predicted molar refractivity (Wildman–Crippen MR) is 65.4 cm³/mol. The summed E-state index contributed by atoms with van der Waals surface area (Å²) in [5.41, 5.74) is 0. The SMILES string of the molecule is CCCCN1C(=O)C(C2CC2)NC(=O)CC1C. The number of amides is 2. The molecule has 2 amide bonds. The van der Waals surface area contributed by atoms with Crippen LogP contribution in [0, 0.1) is 5.92 Å². The van der Waals surface area contributed by atoms with E-state index in [2.05, 4.69) is 12.2 Å². The van der Waals surface area contributed by atoms with E-state index < -0.39 is 0 Å².